The number of rotatable bonds is 11. The molecule has 1 heterocycles. The number of carbonyl (C=O) groups excluding carboxylic acids is 3. The second-order valence-corrected chi connectivity index (χ2v) is 10.8. The van der Waals surface area contributed by atoms with Crippen LogP contribution in [0, 0.1) is 21.4 Å². The minimum absolute atomic E-state index is 0.0349. The fourth-order valence-electron chi connectivity index (χ4n) is 5.85. The molecule has 0 saturated heterocycles. The summed E-state index contributed by atoms with van der Waals surface area (Å²) in [4.78, 5) is 58.5. The van der Waals surface area contributed by atoms with Crippen molar-refractivity contribution in [1.29, 1.82) is 0 Å². The lowest BCUT2D eigenvalue weighted by Crippen LogP contribution is -2.60. The average Bonchev–Trinajstić information content (AvgIpc) is 3.04. The Kier molecular flexibility index (Phi) is 10.4. The Morgan fingerprint density at radius 1 is 0.978 bits per heavy atom. The molecule has 1 N–H and O–H groups in total. The van der Waals surface area contributed by atoms with Crippen LogP contribution in [0.5, 0.6) is 0 Å². The molecular formula is C33H35N3O9. The van der Waals surface area contributed by atoms with Gasteiger partial charge in [-0.3, -0.25) is 34.4 Å². The molecule has 0 saturated carbocycles. The van der Waals surface area contributed by atoms with E-state index in [1.807, 2.05) is 72.6 Å². The molecule has 12 nitrogen and oxygen atoms in total. The largest absolute Gasteiger partial charge is 0.468 e. The standard InChI is InChI=1S/C33H35N3O9/c1-21-27(29(37)45-26(23-14-9-6-10-15-23)20-35(2)19-22-12-7-5-8-13-22)28(24-16-11-17-25(18-24)36(41)42)33(30(38)34-21,31(39)43-3)32(40)44-4/h5-18,26-28,30,38H,19-20H2,1-4H3. The first-order valence-corrected chi connectivity index (χ1v) is 14.2. The van der Waals surface area contributed by atoms with Gasteiger partial charge in [0.05, 0.1) is 19.1 Å². The summed E-state index contributed by atoms with van der Waals surface area (Å²) in [5, 5.41) is 23.0. The van der Waals surface area contributed by atoms with Crippen LogP contribution >= 0.6 is 0 Å². The normalized spacial score (nSPS) is 19.6. The molecule has 0 aliphatic carbocycles. The third kappa shape index (κ3) is 6.76. The summed E-state index contributed by atoms with van der Waals surface area (Å²) in [7, 11) is 3.90. The smallest absolute Gasteiger partial charge is 0.328 e. The molecule has 4 atom stereocenters. The molecule has 1 aliphatic rings. The van der Waals surface area contributed by atoms with E-state index in [-0.39, 0.29) is 23.5 Å². The number of non-ortho nitro benzene ring substituents is 1. The third-order valence-electron chi connectivity index (χ3n) is 7.95. The number of aliphatic hydroxyl groups is 1. The van der Waals surface area contributed by atoms with Crippen LogP contribution in [0.25, 0.3) is 0 Å². The van der Waals surface area contributed by atoms with Gasteiger partial charge in [0, 0.05) is 36.9 Å². The maximum Gasteiger partial charge on any atom is 0.328 e. The van der Waals surface area contributed by atoms with Gasteiger partial charge in [0.1, 0.15) is 12.0 Å². The predicted molar refractivity (Wildman–Crippen MR) is 163 cm³/mol. The average molecular weight is 618 g/mol. The van der Waals surface area contributed by atoms with Crippen LogP contribution in [-0.2, 0) is 35.1 Å². The van der Waals surface area contributed by atoms with Crippen LogP contribution in [0.2, 0.25) is 0 Å². The van der Waals surface area contributed by atoms with Crippen molar-refractivity contribution in [1.82, 2.24) is 4.90 Å². The molecule has 3 aromatic carbocycles. The van der Waals surface area contributed by atoms with E-state index >= 15 is 0 Å². The number of hydrogen-bond donors (Lipinski definition) is 1. The summed E-state index contributed by atoms with van der Waals surface area (Å²) in [6.07, 6.45) is -2.84. The molecule has 0 fully saturated rings. The van der Waals surface area contributed by atoms with Crippen LogP contribution in [-0.4, -0.2) is 72.6 Å². The summed E-state index contributed by atoms with van der Waals surface area (Å²) >= 11 is 0. The Morgan fingerprint density at radius 3 is 2.16 bits per heavy atom. The molecule has 3 aromatic rings. The fraction of sp³-hybridized carbons (Fsp3) is 0.333. The van der Waals surface area contributed by atoms with Crippen LogP contribution in [0.15, 0.2) is 89.9 Å². The number of nitro groups is 1. The number of methoxy groups -OCH3 is 2. The molecule has 4 unspecified atom stereocenters. The summed E-state index contributed by atoms with van der Waals surface area (Å²) < 4.78 is 16.1. The van der Waals surface area contributed by atoms with Crippen LogP contribution in [0.3, 0.4) is 0 Å². The zero-order valence-electron chi connectivity index (χ0n) is 25.4. The van der Waals surface area contributed by atoms with Gasteiger partial charge in [0.15, 0.2) is 6.23 Å². The summed E-state index contributed by atoms with van der Waals surface area (Å²) in [5.74, 6) is -6.31. The topological polar surface area (TPSA) is 158 Å². The Balaban J connectivity index is 1.82. The van der Waals surface area contributed by atoms with Gasteiger partial charge in [-0.2, -0.15) is 0 Å². The fourth-order valence-corrected chi connectivity index (χ4v) is 5.85. The lowest BCUT2D eigenvalue weighted by molar-refractivity contribution is -0.385. The minimum Gasteiger partial charge on any atom is -0.468 e. The number of nitro benzene ring substituents is 1. The van der Waals surface area contributed by atoms with Crippen molar-refractivity contribution in [3.63, 3.8) is 0 Å². The lowest BCUT2D eigenvalue weighted by atomic mass is 9.62. The first-order chi connectivity index (χ1) is 21.5. The Bertz CT molecular complexity index is 1550. The van der Waals surface area contributed by atoms with Crippen molar-refractivity contribution in [2.45, 2.75) is 31.7 Å². The van der Waals surface area contributed by atoms with Crippen LogP contribution in [0.1, 0.15) is 35.6 Å². The van der Waals surface area contributed by atoms with E-state index in [0.29, 0.717) is 12.1 Å². The van der Waals surface area contributed by atoms with Gasteiger partial charge < -0.3 is 19.3 Å². The number of aliphatic imine (C=N–C) groups is 1. The number of aliphatic hydroxyl groups excluding tert-OH is 1. The number of carbonyl (C=O) groups is 3. The Labute approximate surface area is 260 Å². The van der Waals surface area contributed by atoms with E-state index in [4.69, 9.17) is 14.2 Å². The zero-order valence-corrected chi connectivity index (χ0v) is 25.4. The molecule has 1 aliphatic heterocycles. The molecule has 12 heteroatoms. The molecule has 236 valence electrons. The number of nitrogens with zero attached hydrogens (tertiary/aromatic N) is 3. The predicted octanol–water partition coefficient (Wildman–Crippen LogP) is 3.84. The monoisotopic (exact) mass is 617 g/mol. The van der Waals surface area contributed by atoms with Crippen molar-refractivity contribution < 1.29 is 38.6 Å². The number of esters is 3. The van der Waals surface area contributed by atoms with E-state index in [9.17, 15) is 29.6 Å². The molecule has 4 rings (SSSR count). The van der Waals surface area contributed by atoms with E-state index in [1.165, 1.54) is 25.1 Å². The van der Waals surface area contributed by atoms with Gasteiger partial charge >= 0.3 is 17.9 Å². The third-order valence-corrected chi connectivity index (χ3v) is 7.95. The minimum atomic E-state index is -2.59. The molecule has 0 aromatic heterocycles. The zero-order chi connectivity index (χ0) is 32.7. The highest BCUT2D eigenvalue weighted by atomic mass is 16.6. The van der Waals surface area contributed by atoms with E-state index in [2.05, 4.69) is 4.99 Å². The number of likely N-dealkylation sites (N-methyl/N-ethyl adjacent to an activating group) is 1. The van der Waals surface area contributed by atoms with Gasteiger partial charge in [-0.15, -0.1) is 0 Å². The van der Waals surface area contributed by atoms with Crippen molar-refractivity contribution in [2.75, 3.05) is 27.8 Å². The van der Waals surface area contributed by atoms with Gasteiger partial charge in [-0.05, 0) is 30.7 Å². The van der Waals surface area contributed by atoms with Gasteiger partial charge in [0.2, 0.25) is 5.41 Å². The van der Waals surface area contributed by atoms with Crippen molar-refractivity contribution in [3.8, 4) is 0 Å². The molecule has 0 bridgehead atoms. The maximum absolute atomic E-state index is 14.3. The lowest BCUT2D eigenvalue weighted by Gasteiger charge is -2.44. The van der Waals surface area contributed by atoms with Gasteiger partial charge in [-0.1, -0.05) is 72.8 Å². The second-order valence-electron chi connectivity index (χ2n) is 10.8. The number of hydrogen-bond acceptors (Lipinski definition) is 11. The summed E-state index contributed by atoms with van der Waals surface area (Å²) in [6, 6.07) is 24.0. The van der Waals surface area contributed by atoms with Crippen molar-refractivity contribution in [2.24, 2.45) is 16.3 Å². The summed E-state index contributed by atoms with van der Waals surface area (Å²) in [5.41, 5.74) is -1.12. The first-order valence-electron chi connectivity index (χ1n) is 14.2. The quantitative estimate of drug-likeness (QED) is 0.110. The highest BCUT2D eigenvalue weighted by molar-refractivity contribution is 6.09. The van der Waals surface area contributed by atoms with E-state index in [1.54, 1.807) is 0 Å². The van der Waals surface area contributed by atoms with E-state index < -0.39 is 52.4 Å². The SMILES string of the molecule is COC(=O)C1(C(=O)OC)C(O)N=C(C)C(C(=O)OC(CN(C)Cc2ccccc2)c2ccccc2)C1c1cccc([N+](=O)[O-])c1. The van der Waals surface area contributed by atoms with Gasteiger partial charge in [-0.25, -0.2) is 0 Å². The highest BCUT2D eigenvalue weighted by Crippen LogP contribution is 2.51. The molecular weight excluding hydrogens is 582 g/mol. The Hall–Kier alpha value is -4.94. The molecule has 45 heavy (non-hydrogen) atoms. The second kappa shape index (κ2) is 14.2. The Morgan fingerprint density at radius 2 is 1.58 bits per heavy atom. The van der Waals surface area contributed by atoms with Crippen LogP contribution < -0.4 is 0 Å². The summed E-state index contributed by atoms with van der Waals surface area (Å²) in [6.45, 7) is 2.29. The van der Waals surface area contributed by atoms with Crippen molar-refractivity contribution in [3.05, 3.63) is 112 Å². The van der Waals surface area contributed by atoms with E-state index in [0.717, 1.165) is 25.8 Å². The van der Waals surface area contributed by atoms with Gasteiger partial charge in [0.25, 0.3) is 5.69 Å². The molecule has 0 radical (unpaired) electrons. The maximum atomic E-state index is 14.3. The first kappa shape index (κ1) is 33.0. The highest BCUT2D eigenvalue weighted by Gasteiger charge is 2.66. The number of benzene rings is 3. The molecule has 0 spiro atoms. The van der Waals surface area contributed by atoms with Crippen molar-refractivity contribution >= 4 is 29.3 Å². The molecule has 0 amide bonds. The number of ether oxygens (including phenoxy) is 3. The van der Waals surface area contributed by atoms with Crippen LogP contribution in [0.4, 0.5) is 5.69 Å².